The molecular weight excluding hydrogens is 256 g/mol. The van der Waals surface area contributed by atoms with Crippen molar-refractivity contribution < 1.29 is 19.7 Å². The molecule has 2 N–H and O–H groups in total. The molecule has 0 saturated heterocycles. The summed E-state index contributed by atoms with van der Waals surface area (Å²) in [7, 11) is 0. The number of aromatic hydroxyl groups is 1. The molecule has 0 spiro atoms. The summed E-state index contributed by atoms with van der Waals surface area (Å²) in [4.78, 5) is 10.6. The first-order chi connectivity index (χ1) is 9.45. The normalized spacial score (nSPS) is 10.3. The summed E-state index contributed by atoms with van der Waals surface area (Å²) in [5.74, 6) is 0.685. The summed E-state index contributed by atoms with van der Waals surface area (Å²) >= 11 is 0. The highest BCUT2D eigenvalue weighted by Gasteiger charge is 2.06. The number of aryl methyl sites for hydroxylation is 2. The highest BCUT2D eigenvalue weighted by atomic mass is 16.5. The number of phenols is 1. The summed E-state index contributed by atoms with van der Waals surface area (Å²) in [6.07, 6.45) is -0.00228. The summed E-state index contributed by atoms with van der Waals surface area (Å²) < 4.78 is 5.70. The van der Waals surface area contributed by atoms with Gasteiger partial charge in [-0.05, 0) is 54.8 Å². The summed E-state index contributed by atoms with van der Waals surface area (Å²) in [6, 6.07) is 10.4. The second kappa shape index (κ2) is 5.65. The van der Waals surface area contributed by atoms with E-state index in [-0.39, 0.29) is 12.2 Å². The largest absolute Gasteiger partial charge is 0.507 e. The van der Waals surface area contributed by atoms with Gasteiger partial charge in [0.15, 0.2) is 0 Å². The van der Waals surface area contributed by atoms with Gasteiger partial charge in [0.1, 0.15) is 17.2 Å². The number of carboxylic acids is 1. The smallest absolute Gasteiger partial charge is 0.307 e. The van der Waals surface area contributed by atoms with Gasteiger partial charge < -0.3 is 14.9 Å². The van der Waals surface area contributed by atoms with E-state index in [0.29, 0.717) is 11.5 Å². The molecule has 4 heteroatoms. The number of aliphatic carboxylic acids is 1. The molecule has 0 bridgehead atoms. The lowest BCUT2D eigenvalue weighted by molar-refractivity contribution is -0.136. The van der Waals surface area contributed by atoms with E-state index in [1.54, 1.807) is 36.4 Å². The van der Waals surface area contributed by atoms with Gasteiger partial charge >= 0.3 is 5.97 Å². The maximum Gasteiger partial charge on any atom is 0.307 e. The van der Waals surface area contributed by atoms with Crippen LogP contribution in [0.5, 0.6) is 17.2 Å². The van der Waals surface area contributed by atoms with Crippen molar-refractivity contribution in [2.45, 2.75) is 20.3 Å². The van der Waals surface area contributed by atoms with Crippen LogP contribution < -0.4 is 4.74 Å². The number of rotatable bonds is 4. The number of carbonyl (C=O) groups is 1. The number of carboxylic acid groups (broad SMARTS) is 1. The molecule has 2 rings (SSSR count). The van der Waals surface area contributed by atoms with Crippen molar-refractivity contribution in [2.75, 3.05) is 0 Å². The predicted octanol–water partition coefficient (Wildman–Crippen LogP) is 3.43. The zero-order valence-corrected chi connectivity index (χ0v) is 11.4. The number of benzene rings is 2. The number of ether oxygens (including phenoxy) is 1. The van der Waals surface area contributed by atoms with E-state index < -0.39 is 5.97 Å². The van der Waals surface area contributed by atoms with Gasteiger partial charge in [0.2, 0.25) is 0 Å². The minimum Gasteiger partial charge on any atom is -0.507 e. The average molecular weight is 272 g/mol. The third-order valence-electron chi connectivity index (χ3n) is 2.98. The first kappa shape index (κ1) is 13.9. The fourth-order valence-electron chi connectivity index (χ4n) is 1.96. The molecule has 0 heterocycles. The van der Waals surface area contributed by atoms with E-state index in [1.807, 2.05) is 13.8 Å². The molecule has 0 aliphatic heterocycles. The quantitative estimate of drug-likeness (QED) is 0.894. The fourth-order valence-corrected chi connectivity index (χ4v) is 1.96. The van der Waals surface area contributed by atoms with Crippen molar-refractivity contribution in [2.24, 2.45) is 0 Å². The Kier molecular flexibility index (Phi) is 3.94. The molecule has 0 aromatic heterocycles. The molecule has 0 aliphatic rings. The third-order valence-corrected chi connectivity index (χ3v) is 2.98. The van der Waals surface area contributed by atoms with Crippen LogP contribution in [0.25, 0.3) is 0 Å². The average Bonchev–Trinajstić information content (AvgIpc) is 2.37. The monoisotopic (exact) mass is 272 g/mol. The van der Waals surface area contributed by atoms with Gasteiger partial charge in [0.05, 0.1) is 6.42 Å². The van der Waals surface area contributed by atoms with E-state index in [0.717, 1.165) is 16.7 Å². The van der Waals surface area contributed by atoms with Gasteiger partial charge in [-0.25, -0.2) is 0 Å². The van der Waals surface area contributed by atoms with Gasteiger partial charge in [0.25, 0.3) is 0 Å². The second-order valence-corrected chi connectivity index (χ2v) is 4.72. The van der Waals surface area contributed by atoms with E-state index in [1.165, 1.54) is 0 Å². The SMILES string of the molecule is Cc1cc(Oc2ccc(CC(=O)O)cc2)cc(C)c1O. The van der Waals surface area contributed by atoms with Crippen molar-refractivity contribution in [1.29, 1.82) is 0 Å². The Morgan fingerprint density at radius 3 is 2.10 bits per heavy atom. The molecule has 0 unspecified atom stereocenters. The van der Waals surface area contributed by atoms with Crippen molar-refractivity contribution in [3.63, 3.8) is 0 Å². The van der Waals surface area contributed by atoms with Crippen LogP contribution in [0.3, 0.4) is 0 Å². The van der Waals surface area contributed by atoms with Gasteiger partial charge in [-0.15, -0.1) is 0 Å². The molecule has 104 valence electrons. The highest BCUT2D eigenvalue weighted by molar-refractivity contribution is 5.70. The predicted molar refractivity (Wildman–Crippen MR) is 75.4 cm³/mol. The van der Waals surface area contributed by atoms with Crippen molar-refractivity contribution in [3.05, 3.63) is 53.1 Å². The van der Waals surface area contributed by atoms with E-state index in [2.05, 4.69) is 0 Å². The molecule has 20 heavy (non-hydrogen) atoms. The van der Waals surface area contributed by atoms with Crippen molar-refractivity contribution >= 4 is 5.97 Å². The Bertz CT molecular complexity index is 606. The minimum atomic E-state index is -0.858. The lowest BCUT2D eigenvalue weighted by atomic mass is 10.1. The molecule has 0 radical (unpaired) electrons. The first-order valence-electron chi connectivity index (χ1n) is 6.24. The molecular formula is C16H16O4. The van der Waals surface area contributed by atoms with Crippen molar-refractivity contribution in [1.82, 2.24) is 0 Å². The molecule has 0 atom stereocenters. The second-order valence-electron chi connectivity index (χ2n) is 4.72. The number of hydrogen-bond donors (Lipinski definition) is 2. The summed E-state index contributed by atoms with van der Waals surface area (Å²) in [5, 5.41) is 18.4. The molecule has 0 aliphatic carbocycles. The molecule has 0 fully saturated rings. The molecule has 0 amide bonds. The maximum absolute atomic E-state index is 10.6. The van der Waals surface area contributed by atoms with Gasteiger partial charge in [-0.3, -0.25) is 4.79 Å². The number of hydrogen-bond acceptors (Lipinski definition) is 3. The van der Waals surface area contributed by atoms with Crippen LogP contribution in [0.1, 0.15) is 16.7 Å². The Balaban J connectivity index is 2.16. The molecule has 4 nitrogen and oxygen atoms in total. The lowest BCUT2D eigenvalue weighted by Crippen LogP contribution is -1.99. The summed E-state index contributed by atoms with van der Waals surface area (Å²) in [6.45, 7) is 3.62. The first-order valence-corrected chi connectivity index (χ1v) is 6.24. The molecule has 2 aromatic carbocycles. The molecule has 2 aromatic rings. The number of phenolic OH excluding ortho intramolecular Hbond substituents is 1. The van der Waals surface area contributed by atoms with Crippen LogP contribution in [0.4, 0.5) is 0 Å². The third kappa shape index (κ3) is 3.29. The van der Waals surface area contributed by atoms with Crippen LogP contribution in [0.2, 0.25) is 0 Å². The van der Waals surface area contributed by atoms with E-state index >= 15 is 0 Å². The fraction of sp³-hybridized carbons (Fsp3) is 0.188. The van der Waals surface area contributed by atoms with Gasteiger partial charge in [-0.1, -0.05) is 12.1 Å². The highest BCUT2D eigenvalue weighted by Crippen LogP contribution is 2.30. The lowest BCUT2D eigenvalue weighted by Gasteiger charge is -2.10. The van der Waals surface area contributed by atoms with E-state index in [4.69, 9.17) is 9.84 Å². The van der Waals surface area contributed by atoms with Crippen LogP contribution in [-0.2, 0) is 11.2 Å². The Morgan fingerprint density at radius 1 is 1.05 bits per heavy atom. The van der Waals surface area contributed by atoms with Gasteiger partial charge in [0, 0.05) is 0 Å². The summed E-state index contributed by atoms with van der Waals surface area (Å²) in [5.41, 5.74) is 2.23. The topological polar surface area (TPSA) is 66.8 Å². The van der Waals surface area contributed by atoms with Crippen LogP contribution in [0, 0.1) is 13.8 Å². The van der Waals surface area contributed by atoms with Crippen LogP contribution >= 0.6 is 0 Å². The molecule has 0 saturated carbocycles. The Labute approximate surface area is 117 Å². The van der Waals surface area contributed by atoms with E-state index in [9.17, 15) is 9.90 Å². The zero-order valence-electron chi connectivity index (χ0n) is 11.4. The standard InChI is InChI=1S/C16H16O4/c1-10-7-14(8-11(2)16(10)19)20-13-5-3-12(4-6-13)9-15(17)18/h3-8,19H,9H2,1-2H3,(H,17,18). The Morgan fingerprint density at radius 2 is 1.60 bits per heavy atom. The maximum atomic E-state index is 10.6. The van der Waals surface area contributed by atoms with Crippen LogP contribution in [-0.4, -0.2) is 16.2 Å². The van der Waals surface area contributed by atoms with Crippen LogP contribution in [0.15, 0.2) is 36.4 Å². The Hall–Kier alpha value is -2.49. The van der Waals surface area contributed by atoms with Crippen molar-refractivity contribution in [3.8, 4) is 17.2 Å². The minimum absolute atomic E-state index is 0.00228. The zero-order chi connectivity index (χ0) is 14.7. The van der Waals surface area contributed by atoms with Gasteiger partial charge in [-0.2, -0.15) is 0 Å².